The third-order valence-corrected chi connectivity index (χ3v) is 7.31. The first-order valence-electron chi connectivity index (χ1n) is 11.3. The SMILES string of the molecule is COc1ccc(C2=NN(c3nc(-c4ccccc4)c4cc(Cl)ccc4n3)C(c3cccs3)C2)cc1. The van der Waals surface area contributed by atoms with E-state index in [-0.39, 0.29) is 6.04 Å². The minimum absolute atomic E-state index is 0.0143. The average molecular weight is 497 g/mol. The normalized spacial score (nSPS) is 15.4. The Kier molecular flexibility index (Phi) is 5.68. The van der Waals surface area contributed by atoms with Gasteiger partial charge in [-0.05, 0) is 59.5 Å². The van der Waals surface area contributed by atoms with Crippen LogP contribution in [0, 0.1) is 0 Å². The molecule has 5 nitrogen and oxygen atoms in total. The van der Waals surface area contributed by atoms with Crippen molar-refractivity contribution in [1.29, 1.82) is 0 Å². The van der Waals surface area contributed by atoms with Crippen LogP contribution >= 0.6 is 22.9 Å². The van der Waals surface area contributed by atoms with Gasteiger partial charge in [-0.2, -0.15) is 5.10 Å². The Balaban J connectivity index is 1.51. The lowest BCUT2D eigenvalue weighted by atomic mass is 10.0. The fraction of sp³-hybridized carbons (Fsp3) is 0.107. The van der Waals surface area contributed by atoms with Crippen molar-refractivity contribution < 1.29 is 4.74 Å². The van der Waals surface area contributed by atoms with E-state index in [2.05, 4.69) is 29.6 Å². The van der Waals surface area contributed by atoms with Gasteiger partial charge in [0.05, 0.1) is 30.1 Å². The maximum absolute atomic E-state index is 6.35. The van der Waals surface area contributed by atoms with Gasteiger partial charge in [-0.15, -0.1) is 11.3 Å². The molecule has 0 spiro atoms. The van der Waals surface area contributed by atoms with Crippen LogP contribution in [-0.2, 0) is 0 Å². The molecule has 1 unspecified atom stereocenters. The van der Waals surface area contributed by atoms with Gasteiger partial charge in [0.1, 0.15) is 5.75 Å². The third-order valence-electron chi connectivity index (χ3n) is 6.10. The van der Waals surface area contributed by atoms with Crippen molar-refractivity contribution >= 4 is 45.5 Å². The Morgan fingerprint density at radius 3 is 2.49 bits per heavy atom. The second-order valence-electron chi connectivity index (χ2n) is 8.25. The van der Waals surface area contributed by atoms with Crippen LogP contribution in [0.25, 0.3) is 22.2 Å². The highest BCUT2D eigenvalue weighted by Crippen LogP contribution is 2.39. The Labute approximate surface area is 212 Å². The zero-order valence-electron chi connectivity index (χ0n) is 18.9. The number of benzene rings is 3. The molecule has 0 radical (unpaired) electrons. The van der Waals surface area contributed by atoms with Gasteiger partial charge in [-0.25, -0.2) is 15.0 Å². The second kappa shape index (κ2) is 9.13. The number of ether oxygens (including phenoxy) is 1. The molecule has 35 heavy (non-hydrogen) atoms. The number of hydrogen-bond acceptors (Lipinski definition) is 6. The van der Waals surface area contributed by atoms with Gasteiger partial charge in [-0.3, -0.25) is 0 Å². The minimum Gasteiger partial charge on any atom is -0.497 e. The van der Waals surface area contributed by atoms with Crippen LogP contribution in [0.3, 0.4) is 0 Å². The standard InChI is InChI=1S/C28H21ClN4OS/c1-34-21-12-9-18(10-13-21)24-17-25(26-8-5-15-35-26)33(32-24)28-30-23-14-11-20(29)16-22(23)27(31-28)19-6-3-2-4-7-19/h2-16,25H,17H2,1H3. The van der Waals surface area contributed by atoms with Crippen LogP contribution in [0.5, 0.6) is 5.75 Å². The maximum Gasteiger partial charge on any atom is 0.247 e. The molecule has 0 N–H and O–H groups in total. The fourth-order valence-electron chi connectivity index (χ4n) is 4.36. The van der Waals surface area contributed by atoms with E-state index in [0.717, 1.165) is 45.6 Å². The van der Waals surface area contributed by atoms with Gasteiger partial charge in [0.15, 0.2) is 0 Å². The molecule has 0 bridgehead atoms. The van der Waals surface area contributed by atoms with Crippen molar-refractivity contribution in [1.82, 2.24) is 9.97 Å². The Morgan fingerprint density at radius 2 is 1.74 bits per heavy atom. The summed E-state index contributed by atoms with van der Waals surface area (Å²) in [5, 5.41) is 10.7. The van der Waals surface area contributed by atoms with Crippen molar-refractivity contribution in [2.75, 3.05) is 12.1 Å². The summed E-state index contributed by atoms with van der Waals surface area (Å²) < 4.78 is 5.33. The van der Waals surface area contributed by atoms with Crippen molar-refractivity contribution in [3.05, 3.63) is 106 Å². The molecule has 0 fully saturated rings. The van der Waals surface area contributed by atoms with Gasteiger partial charge in [0.2, 0.25) is 5.95 Å². The monoisotopic (exact) mass is 496 g/mol. The average Bonchev–Trinajstić information content (AvgIpc) is 3.59. The molecule has 7 heteroatoms. The number of methoxy groups -OCH3 is 1. The molecule has 0 amide bonds. The zero-order valence-corrected chi connectivity index (χ0v) is 20.5. The lowest BCUT2D eigenvalue weighted by molar-refractivity contribution is 0.415. The lowest BCUT2D eigenvalue weighted by Crippen LogP contribution is -2.20. The van der Waals surface area contributed by atoms with E-state index in [4.69, 9.17) is 31.4 Å². The van der Waals surface area contributed by atoms with Crippen molar-refractivity contribution in [3.8, 4) is 17.0 Å². The van der Waals surface area contributed by atoms with Crippen LogP contribution in [0.15, 0.2) is 95.4 Å². The van der Waals surface area contributed by atoms with E-state index in [9.17, 15) is 0 Å². The number of halogens is 1. The fourth-order valence-corrected chi connectivity index (χ4v) is 5.35. The molecule has 0 aliphatic carbocycles. The molecule has 172 valence electrons. The number of hydrazone groups is 1. The molecule has 1 atom stereocenters. The van der Waals surface area contributed by atoms with Crippen molar-refractivity contribution in [2.45, 2.75) is 12.5 Å². The second-order valence-corrected chi connectivity index (χ2v) is 9.67. The van der Waals surface area contributed by atoms with Gasteiger partial charge >= 0.3 is 0 Å². The first kappa shape index (κ1) is 21.8. The maximum atomic E-state index is 6.35. The number of anilines is 1. The first-order chi connectivity index (χ1) is 17.2. The molecular weight excluding hydrogens is 476 g/mol. The largest absolute Gasteiger partial charge is 0.497 e. The van der Waals surface area contributed by atoms with Crippen molar-refractivity contribution in [2.24, 2.45) is 5.10 Å². The van der Waals surface area contributed by atoms with E-state index in [1.54, 1.807) is 18.4 Å². The van der Waals surface area contributed by atoms with Crippen LogP contribution in [0.4, 0.5) is 5.95 Å². The number of hydrogen-bond donors (Lipinski definition) is 0. The van der Waals surface area contributed by atoms with Crippen LogP contribution in [-0.4, -0.2) is 22.8 Å². The van der Waals surface area contributed by atoms with Crippen LogP contribution in [0.1, 0.15) is 22.9 Å². The quantitative estimate of drug-likeness (QED) is 0.255. The molecule has 1 aliphatic rings. The minimum atomic E-state index is 0.0143. The van der Waals surface area contributed by atoms with Crippen LogP contribution < -0.4 is 9.75 Å². The number of fused-ring (bicyclic) bond motifs is 1. The molecule has 3 heterocycles. The summed E-state index contributed by atoms with van der Waals surface area (Å²) in [5.41, 5.74) is 4.73. The first-order valence-corrected chi connectivity index (χ1v) is 12.5. The predicted molar refractivity (Wildman–Crippen MR) is 144 cm³/mol. The summed E-state index contributed by atoms with van der Waals surface area (Å²) in [6, 6.07) is 28.1. The van der Waals surface area contributed by atoms with E-state index < -0.39 is 0 Å². The third kappa shape index (κ3) is 4.16. The van der Waals surface area contributed by atoms with Gasteiger partial charge in [0, 0.05) is 27.3 Å². The van der Waals surface area contributed by atoms with Gasteiger partial charge in [0.25, 0.3) is 0 Å². The Bertz CT molecular complexity index is 1520. The molecule has 1 aliphatic heterocycles. The summed E-state index contributed by atoms with van der Waals surface area (Å²) >= 11 is 8.07. The number of thiophene rings is 1. The van der Waals surface area contributed by atoms with Gasteiger partial charge < -0.3 is 4.74 Å². The van der Waals surface area contributed by atoms with E-state index >= 15 is 0 Å². The predicted octanol–water partition coefficient (Wildman–Crippen LogP) is 7.38. The number of nitrogens with zero attached hydrogens (tertiary/aromatic N) is 4. The molecule has 5 aromatic rings. The molecular formula is C28H21ClN4OS. The Morgan fingerprint density at radius 1 is 0.914 bits per heavy atom. The highest BCUT2D eigenvalue weighted by atomic mass is 35.5. The highest BCUT2D eigenvalue weighted by Gasteiger charge is 2.33. The number of aromatic nitrogens is 2. The van der Waals surface area contributed by atoms with E-state index in [0.29, 0.717) is 11.0 Å². The summed E-state index contributed by atoms with van der Waals surface area (Å²) in [6.45, 7) is 0. The smallest absolute Gasteiger partial charge is 0.247 e. The Hall–Kier alpha value is -3.74. The van der Waals surface area contributed by atoms with Gasteiger partial charge in [-0.1, -0.05) is 48.0 Å². The number of rotatable bonds is 5. The van der Waals surface area contributed by atoms with E-state index in [1.165, 1.54) is 4.88 Å². The van der Waals surface area contributed by atoms with Crippen LogP contribution in [0.2, 0.25) is 5.02 Å². The van der Waals surface area contributed by atoms with Crippen molar-refractivity contribution in [3.63, 3.8) is 0 Å². The molecule has 6 rings (SSSR count). The summed E-state index contributed by atoms with van der Waals surface area (Å²) in [6.07, 6.45) is 0.759. The van der Waals surface area contributed by atoms with E-state index in [1.807, 2.05) is 65.7 Å². The topological polar surface area (TPSA) is 50.6 Å². The zero-order chi connectivity index (χ0) is 23.8. The molecule has 0 saturated heterocycles. The lowest BCUT2D eigenvalue weighted by Gasteiger charge is -2.21. The molecule has 2 aromatic heterocycles. The highest BCUT2D eigenvalue weighted by molar-refractivity contribution is 7.10. The summed E-state index contributed by atoms with van der Waals surface area (Å²) in [7, 11) is 1.67. The summed E-state index contributed by atoms with van der Waals surface area (Å²) in [5.74, 6) is 1.39. The molecule has 3 aromatic carbocycles. The molecule has 0 saturated carbocycles. The summed E-state index contributed by atoms with van der Waals surface area (Å²) in [4.78, 5) is 11.2.